The molecule has 0 spiro atoms. The molecule has 2 aromatic heterocycles. The number of aromatic nitrogens is 2. The Balaban J connectivity index is 1.81. The number of H-pyrrole nitrogens is 1. The number of carbonyl (C=O) groups is 2. The number of nitrogens with zero attached hydrogens (tertiary/aromatic N) is 5. The number of aryl methyl sites for hydroxylation is 1. The molecule has 3 heterocycles. The van der Waals surface area contributed by atoms with E-state index in [1.807, 2.05) is 11.0 Å². The molecule has 1 aliphatic rings. The van der Waals surface area contributed by atoms with Crippen LogP contribution in [-0.4, -0.2) is 85.0 Å². The highest BCUT2D eigenvalue weighted by atomic mass is 35.5. The predicted octanol–water partition coefficient (Wildman–Crippen LogP) is 2.59. The fourth-order valence-corrected chi connectivity index (χ4v) is 4.93. The van der Waals surface area contributed by atoms with Crippen molar-refractivity contribution in [1.29, 1.82) is 5.26 Å². The quantitative estimate of drug-likeness (QED) is 0.451. The average molecular weight is 520 g/mol. The van der Waals surface area contributed by atoms with Crippen LogP contribution in [0.4, 0.5) is 5.13 Å². The summed E-state index contributed by atoms with van der Waals surface area (Å²) in [6.07, 6.45) is 1.76. The lowest BCUT2D eigenvalue weighted by Crippen LogP contribution is -2.55. The van der Waals surface area contributed by atoms with Gasteiger partial charge < -0.3 is 29.9 Å². The highest BCUT2D eigenvalue weighted by molar-refractivity contribution is 7.17. The summed E-state index contributed by atoms with van der Waals surface area (Å²) in [6.45, 7) is 6.10. The molecule has 1 fully saturated rings. The number of carboxylic acid groups (broad SMARTS) is 1. The van der Waals surface area contributed by atoms with Crippen molar-refractivity contribution in [2.75, 3.05) is 39.2 Å². The number of thiazole rings is 1. The Morgan fingerprint density at radius 2 is 2.23 bits per heavy atom. The summed E-state index contributed by atoms with van der Waals surface area (Å²) >= 11 is 7.16. The molecule has 0 radical (unpaired) electrons. The van der Waals surface area contributed by atoms with Crippen LogP contribution in [0.5, 0.6) is 0 Å². The lowest BCUT2D eigenvalue weighted by molar-refractivity contribution is 0.0540. The van der Waals surface area contributed by atoms with Crippen LogP contribution in [0.3, 0.4) is 0 Å². The molecule has 2 aromatic rings. The summed E-state index contributed by atoms with van der Waals surface area (Å²) in [7, 11) is 5.13. The maximum Gasteiger partial charge on any atom is 0.348 e. The number of amides is 1. The molecule has 35 heavy (non-hydrogen) atoms. The highest BCUT2D eigenvalue weighted by Crippen LogP contribution is 2.33. The Hall–Kier alpha value is -3.40. The summed E-state index contributed by atoms with van der Waals surface area (Å²) in [4.78, 5) is 39.8. The number of carboxylic acids is 1. The number of methoxy groups -OCH3 is 1. The van der Waals surface area contributed by atoms with E-state index >= 15 is 0 Å². The van der Waals surface area contributed by atoms with Crippen LogP contribution in [0.25, 0.3) is 5.70 Å². The average Bonchev–Trinajstić information content (AvgIpc) is 3.39. The van der Waals surface area contributed by atoms with Crippen molar-refractivity contribution in [2.24, 2.45) is 4.99 Å². The largest absolute Gasteiger partial charge is 0.477 e. The Morgan fingerprint density at radius 1 is 1.51 bits per heavy atom. The van der Waals surface area contributed by atoms with Crippen molar-refractivity contribution in [1.82, 2.24) is 20.2 Å². The van der Waals surface area contributed by atoms with E-state index in [0.29, 0.717) is 36.0 Å². The van der Waals surface area contributed by atoms with Gasteiger partial charge in [0.1, 0.15) is 33.6 Å². The van der Waals surface area contributed by atoms with Crippen LogP contribution in [-0.2, 0) is 4.74 Å². The predicted molar refractivity (Wildman–Crippen MR) is 134 cm³/mol. The maximum atomic E-state index is 12.9. The van der Waals surface area contributed by atoms with Crippen LogP contribution in [0, 0.1) is 18.3 Å². The first kappa shape index (κ1) is 26.2. The summed E-state index contributed by atoms with van der Waals surface area (Å²) in [5.41, 5.74) is 1.35. The number of rotatable bonds is 8. The fraction of sp³-hybridized carbons (Fsp3) is 0.409. The normalized spacial score (nSPS) is 18.2. The molecule has 13 heteroatoms. The Morgan fingerprint density at radius 3 is 2.80 bits per heavy atom. The Labute approximate surface area is 211 Å². The van der Waals surface area contributed by atoms with Gasteiger partial charge in [0.25, 0.3) is 5.91 Å². The molecule has 11 nitrogen and oxygen atoms in total. The van der Waals surface area contributed by atoms with E-state index in [4.69, 9.17) is 16.3 Å². The summed E-state index contributed by atoms with van der Waals surface area (Å²) in [5.74, 6) is -1.55. The fourth-order valence-electron chi connectivity index (χ4n) is 3.80. The van der Waals surface area contributed by atoms with Gasteiger partial charge in [0.15, 0.2) is 5.13 Å². The van der Waals surface area contributed by atoms with E-state index in [1.165, 1.54) is 0 Å². The molecule has 0 aliphatic carbocycles. The summed E-state index contributed by atoms with van der Waals surface area (Å²) in [5, 5.41) is 22.7. The number of carbonyl (C=O) groups excluding carboxylic acids is 1. The number of nitrogens with one attached hydrogen (secondary N) is 2. The minimum atomic E-state index is -1.10. The molecule has 1 amide bonds. The third kappa shape index (κ3) is 5.48. The first-order valence-electron chi connectivity index (χ1n) is 10.6. The van der Waals surface area contributed by atoms with E-state index in [0.717, 1.165) is 11.3 Å². The number of piperidine rings is 1. The lowest BCUT2D eigenvalue weighted by Gasteiger charge is -2.37. The van der Waals surface area contributed by atoms with E-state index in [9.17, 15) is 20.0 Å². The standard InChI is InChI=1S/C22H26ClN7O4S/c1-11-16(23)12(8-24)17(26-11)20(31)27-13-6-7-30(10-15(13)34-5)22-28-18(19(35-22)21(32)33)14(25-2)9-29(3)4/h9,13,15,26H,2,6-7,10H2,1,3-5H3,(H,27,31)(H,32,33)/b14-9-/t13-,15+/m1/s1. The zero-order chi connectivity index (χ0) is 25.9. The van der Waals surface area contributed by atoms with Gasteiger partial charge in [-0.1, -0.05) is 22.9 Å². The smallest absolute Gasteiger partial charge is 0.348 e. The maximum absolute atomic E-state index is 12.9. The molecule has 0 aromatic carbocycles. The van der Waals surface area contributed by atoms with Crippen molar-refractivity contribution < 1.29 is 19.4 Å². The summed E-state index contributed by atoms with van der Waals surface area (Å²) < 4.78 is 5.64. The molecule has 0 bridgehead atoms. The lowest BCUT2D eigenvalue weighted by atomic mass is 10.0. The van der Waals surface area contributed by atoms with Gasteiger partial charge in [-0.2, -0.15) is 5.26 Å². The molecular formula is C22H26ClN7O4S. The van der Waals surface area contributed by atoms with Crippen molar-refractivity contribution >= 4 is 52.4 Å². The number of hydrogen-bond acceptors (Lipinski definition) is 9. The van der Waals surface area contributed by atoms with Crippen molar-refractivity contribution in [2.45, 2.75) is 25.5 Å². The molecule has 3 N–H and O–H groups in total. The number of aromatic amines is 1. The number of aromatic carboxylic acids is 1. The number of halogens is 1. The number of hydrogen-bond donors (Lipinski definition) is 3. The van der Waals surface area contributed by atoms with Crippen LogP contribution in [0.1, 0.15) is 43.5 Å². The first-order chi connectivity index (χ1) is 16.6. The highest BCUT2D eigenvalue weighted by Gasteiger charge is 2.34. The summed E-state index contributed by atoms with van der Waals surface area (Å²) in [6, 6.07) is 1.62. The number of nitriles is 1. The minimum Gasteiger partial charge on any atom is -0.477 e. The van der Waals surface area contributed by atoms with Gasteiger partial charge in [0.2, 0.25) is 0 Å². The zero-order valence-corrected chi connectivity index (χ0v) is 21.3. The Kier molecular flexibility index (Phi) is 8.16. The van der Waals surface area contributed by atoms with Crippen LogP contribution in [0.2, 0.25) is 5.02 Å². The second-order valence-electron chi connectivity index (χ2n) is 8.13. The van der Waals surface area contributed by atoms with Gasteiger partial charge in [0.05, 0.1) is 17.2 Å². The van der Waals surface area contributed by atoms with Crippen molar-refractivity contribution in [3.63, 3.8) is 0 Å². The number of ether oxygens (including phenoxy) is 1. The van der Waals surface area contributed by atoms with Gasteiger partial charge in [-0.15, -0.1) is 0 Å². The molecule has 1 aliphatic heterocycles. The van der Waals surface area contributed by atoms with Crippen LogP contribution < -0.4 is 10.2 Å². The molecule has 1 saturated heterocycles. The van der Waals surface area contributed by atoms with Crippen molar-refractivity contribution in [3.05, 3.63) is 38.7 Å². The van der Waals surface area contributed by atoms with E-state index in [1.54, 1.807) is 39.2 Å². The zero-order valence-electron chi connectivity index (χ0n) is 19.8. The molecule has 2 atom stereocenters. The number of anilines is 1. The Bertz CT molecular complexity index is 1210. The third-order valence-electron chi connectivity index (χ3n) is 5.50. The molecular weight excluding hydrogens is 494 g/mol. The van der Waals surface area contributed by atoms with Gasteiger partial charge in [0, 0.05) is 46.2 Å². The van der Waals surface area contributed by atoms with Crippen molar-refractivity contribution in [3.8, 4) is 6.07 Å². The first-order valence-corrected chi connectivity index (χ1v) is 11.8. The van der Waals surface area contributed by atoms with Gasteiger partial charge >= 0.3 is 5.97 Å². The van der Waals surface area contributed by atoms with E-state index in [-0.39, 0.29) is 32.9 Å². The topological polar surface area (TPSA) is 147 Å². The van der Waals surface area contributed by atoms with Crippen LogP contribution in [0.15, 0.2) is 11.2 Å². The number of aliphatic imine (C=N–C) groups is 1. The van der Waals surface area contributed by atoms with Gasteiger partial charge in [-0.3, -0.25) is 9.79 Å². The second kappa shape index (κ2) is 10.9. The van der Waals surface area contributed by atoms with Crippen LogP contribution >= 0.6 is 22.9 Å². The second-order valence-corrected chi connectivity index (χ2v) is 9.49. The molecule has 186 valence electrons. The van der Waals surface area contributed by atoms with E-state index in [2.05, 4.69) is 27.0 Å². The van der Waals surface area contributed by atoms with Gasteiger partial charge in [-0.05, 0) is 20.1 Å². The molecule has 0 unspecified atom stereocenters. The SMILES string of the molecule is C=N/C(=C\N(C)C)c1nc(N2CC[C@@H](NC(=O)c3[nH]c(C)c(Cl)c3C#N)[C@@H](OC)C2)sc1C(=O)O. The third-order valence-corrected chi connectivity index (χ3v) is 7.08. The molecule has 3 rings (SSSR count). The molecule has 0 saturated carbocycles. The monoisotopic (exact) mass is 519 g/mol. The van der Waals surface area contributed by atoms with E-state index < -0.39 is 18.0 Å². The van der Waals surface area contributed by atoms with Gasteiger partial charge in [-0.25, -0.2) is 9.78 Å². The minimum absolute atomic E-state index is 0.0629.